The van der Waals surface area contributed by atoms with E-state index in [1.54, 1.807) is 18.2 Å². The minimum atomic E-state index is -1.17. The predicted octanol–water partition coefficient (Wildman–Crippen LogP) is -0.532. The summed E-state index contributed by atoms with van der Waals surface area (Å²) in [6, 6.07) is 5.00. The summed E-state index contributed by atoms with van der Waals surface area (Å²) in [6.07, 6.45) is -0.765. The number of hydrogen-bond acceptors (Lipinski definition) is 4. The average molecular weight is 169 g/mol. The highest BCUT2D eigenvalue weighted by Gasteiger charge is 2.17. The molecule has 0 fully saturated rings. The Balaban J connectivity index is 2.71. The second-order valence-electron chi connectivity index (χ2n) is 2.45. The van der Waals surface area contributed by atoms with Crippen LogP contribution >= 0.6 is 0 Å². The van der Waals surface area contributed by atoms with Crippen LogP contribution in [0, 0.1) is 0 Å². The first-order valence-corrected chi connectivity index (χ1v) is 3.63. The molecule has 0 aromatic carbocycles. The maximum absolute atomic E-state index is 9.32. The van der Waals surface area contributed by atoms with Gasteiger partial charge in [-0.15, -0.1) is 0 Å². The summed E-state index contributed by atoms with van der Waals surface area (Å²) < 4.78 is 0. The second-order valence-corrected chi connectivity index (χ2v) is 2.45. The number of aliphatic hydroxyl groups excluding tert-OH is 3. The number of hydrogen-bond donors (Lipinski definition) is 3. The predicted molar refractivity (Wildman–Crippen MR) is 42.3 cm³/mol. The van der Waals surface area contributed by atoms with E-state index in [2.05, 4.69) is 4.98 Å². The van der Waals surface area contributed by atoms with Crippen LogP contribution < -0.4 is 0 Å². The van der Waals surface area contributed by atoms with E-state index in [4.69, 9.17) is 10.2 Å². The van der Waals surface area contributed by atoms with Gasteiger partial charge in [-0.25, -0.2) is 0 Å². The molecule has 1 aromatic heterocycles. The van der Waals surface area contributed by atoms with Gasteiger partial charge in [-0.1, -0.05) is 6.07 Å². The Morgan fingerprint density at radius 3 is 2.58 bits per heavy atom. The van der Waals surface area contributed by atoms with Gasteiger partial charge in [0.25, 0.3) is 0 Å². The van der Waals surface area contributed by atoms with E-state index in [9.17, 15) is 5.11 Å². The summed E-state index contributed by atoms with van der Waals surface area (Å²) >= 11 is 0. The van der Waals surface area contributed by atoms with Crippen LogP contribution in [0.3, 0.4) is 0 Å². The van der Waals surface area contributed by atoms with Gasteiger partial charge >= 0.3 is 0 Å². The van der Waals surface area contributed by atoms with Crippen LogP contribution in [0.1, 0.15) is 11.8 Å². The molecule has 0 saturated carbocycles. The lowest BCUT2D eigenvalue weighted by atomic mass is 10.1. The normalized spacial score (nSPS) is 15.6. The summed E-state index contributed by atoms with van der Waals surface area (Å²) in [4.78, 5) is 3.83. The molecular formula is C8H11NO3. The fourth-order valence-corrected chi connectivity index (χ4v) is 0.848. The third kappa shape index (κ3) is 2.01. The van der Waals surface area contributed by atoms with Crippen molar-refractivity contribution < 1.29 is 15.3 Å². The van der Waals surface area contributed by atoms with Gasteiger partial charge in [-0.05, 0) is 12.1 Å². The minimum absolute atomic E-state index is 0.360. The first-order chi connectivity index (χ1) is 5.75. The molecule has 0 radical (unpaired) electrons. The second kappa shape index (κ2) is 4.15. The summed E-state index contributed by atoms with van der Waals surface area (Å²) in [7, 11) is 0. The molecule has 0 spiro atoms. The Kier molecular flexibility index (Phi) is 3.16. The van der Waals surface area contributed by atoms with E-state index < -0.39 is 18.8 Å². The van der Waals surface area contributed by atoms with Crippen molar-refractivity contribution in [1.29, 1.82) is 0 Å². The Bertz CT molecular complexity index is 227. The monoisotopic (exact) mass is 169 g/mol. The van der Waals surface area contributed by atoms with Gasteiger partial charge in [0, 0.05) is 6.20 Å². The van der Waals surface area contributed by atoms with Crippen LogP contribution in [0.4, 0.5) is 0 Å². The number of pyridine rings is 1. The first kappa shape index (κ1) is 9.12. The van der Waals surface area contributed by atoms with Crippen LogP contribution in [0.5, 0.6) is 0 Å². The smallest absolute Gasteiger partial charge is 0.124 e. The van der Waals surface area contributed by atoms with Crippen LogP contribution in [0.15, 0.2) is 24.4 Å². The van der Waals surface area contributed by atoms with E-state index in [0.717, 1.165) is 0 Å². The van der Waals surface area contributed by atoms with Crippen LogP contribution in [0.2, 0.25) is 0 Å². The Morgan fingerprint density at radius 1 is 1.33 bits per heavy atom. The van der Waals surface area contributed by atoms with Crippen molar-refractivity contribution >= 4 is 0 Å². The fourth-order valence-electron chi connectivity index (χ4n) is 0.848. The number of rotatable bonds is 3. The van der Waals surface area contributed by atoms with Crippen molar-refractivity contribution in [3.63, 3.8) is 0 Å². The molecule has 4 nitrogen and oxygen atoms in total. The minimum Gasteiger partial charge on any atom is -0.394 e. The van der Waals surface area contributed by atoms with Gasteiger partial charge < -0.3 is 15.3 Å². The number of aliphatic hydroxyl groups is 3. The van der Waals surface area contributed by atoms with Gasteiger partial charge in [0.2, 0.25) is 0 Å². The molecule has 0 saturated heterocycles. The summed E-state index contributed by atoms with van der Waals surface area (Å²) in [6.45, 7) is -0.474. The van der Waals surface area contributed by atoms with Crippen LogP contribution in [-0.2, 0) is 0 Å². The van der Waals surface area contributed by atoms with Gasteiger partial charge in [-0.3, -0.25) is 4.98 Å². The first-order valence-electron chi connectivity index (χ1n) is 3.63. The van der Waals surface area contributed by atoms with Crippen molar-refractivity contribution in [3.05, 3.63) is 30.1 Å². The van der Waals surface area contributed by atoms with Crippen molar-refractivity contribution in [2.45, 2.75) is 12.2 Å². The molecule has 1 heterocycles. The molecule has 1 aromatic rings. The van der Waals surface area contributed by atoms with Crippen molar-refractivity contribution in [1.82, 2.24) is 4.98 Å². The molecule has 3 N–H and O–H groups in total. The quantitative estimate of drug-likeness (QED) is 0.568. The average Bonchev–Trinajstić information content (AvgIpc) is 2.17. The lowest BCUT2D eigenvalue weighted by Crippen LogP contribution is -2.22. The Morgan fingerprint density at radius 2 is 2.08 bits per heavy atom. The topological polar surface area (TPSA) is 73.6 Å². The van der Waals surface area contributed by atoms with E-state index in [-0.39, 0.29) is 0 Å². The van der Waals surface area contributed by atoms with E-state index >= 15 is 0 Å². The zero-order valence-corrected chi connectivity index (χ0v) is 6.46. The van der Waals surface area contributed by atoms with Crippen molar-refractivity contribution in [2.75, 3.05) is 6.61 Å². The van der Waals surface area contributed by atoms with Crippen molar-refractivity contribution in [2.24, 2.45) is 0 Å². The van der Waals surface area contributed by atoms with Gasteiger partial charge in [-0.2, -0.15) is 0 Å². The summed E-state index contributed by atoms with van der Waals surface area (Å²) in [5, 5.41) is 26.9. The van der Waals surface area contributed by atoms with E-state index in [0.29, 0.717) is 5.69 Å². The maximum atomic E-state index is 9.32. The zero-order chi connectivity index (χ0) is 8.97. The Labute approximate surface area is 70.1 Å². The highest BCUT2D eigenvalue weighted by atomic mass is 16.4. The molecule has 0 bridgehead atoms. The third-order valence-electron chi connectivity index (χ3n) is 1.54. The molecule has 1 rings (SSSR count). The maximum Gasteiger partial charge on any atom is 0.124 e. The lowest BCUT2D eigenvalue weighted by molar-refractivity contribution is -0.0172. The molecule has 4 heteroatoms. The summed E-state index contributed by atoms with van der Waals surface area (Å²) in [5.74, 6) is 0. The zero-order valence-electron chi connectivity index (χ0n) is 6.46. The molecule has 0 aliphatic carbocycles. The molecule has 0 amide bonds. The molecule has 0 aliphatic heterocycles. The standard InChI is InChI=1S/C8H11NO3/c10-5-7(11)8(12)6-3-1-2-4-9-6/h1-4,7-8,10-12H,5H2/t7-,8+/m1/s1. The largest absolute Gasteiger partial charge is 0.394 e. The summed E-state index contributed by atoms with van der Waals surface area (Å²) in [5.41, 5.74) is 0.360. The van der Waals surface area contributed by atoms with Crippen LogP contribution in [-0.4, -0.2) is 33.0 Å². The molecule has 12 heavy (non-hydrogen) atoms. The molecule has 2 atom stereocenters. The number of nitrogens with zero attached hydrogens (tertiary/aromatic N) is 1. The lowest BCUT2D eigenvalue weighted by Gasteiger charge is -2.14. The molecule has 0 aliphatic rings. The highest BCUT2D eigenvalue weighted by molar-refractivity contribution is 5.07. The SMILES string of the molecule is OC[C@@H](O)[C@@H](O)c1ccccn1. The van der Waals surface area contributed by atoms with E-state index in [1.165, 1.54) is 6.20 Å². The van der Waals surface area contributed by atoms with Gasteiger partial charge in [0.05, 0.1) is 12.3 Å². The van der Waals surface area contributed by atoms with E-state index in [1.807, 2.05) is 0 Å². The van der Waals surface area contributed by atoms with Crippen LogP contribution in [0.25, 0.3) is 0 Å². The fraction of sp³-hybridized carbons (Fsp3) is 0.375. The molecular weight excluding hydrogens is 158 g/mol. The Hall–Kier alpha value is -0.970. The van der Waals surface area contributed by atoms with Crippen molar-refractivity contribution in [3.8, 4) is 0 Å². The highest BCUT2D eigenvalue weighted by Crippen LogP contribution is 2.12. The number of aromatic nitrogens is 1. The molecule has 0 unspecified atom stereocenters. The third-order valence-corrected chi connectivity index (χ3v) is 1.54. The molecule has 66 valence electrons. The van der Waals surface area contributed by atoms with Gasteiger partial charge in [0.15, 0.2) is 0 Å². The van der Waals surface area contributed by atoms with Gasteiger partial charge in [0.1, 0.15) is 12.2 Å².